The van der Waals surface area contributed by atoms with Gasteiger partial charge >= 0.3 is 0 Å². The number of halogens is 1. The van der Waals surface area contributed by atoms with E-state index in [0.717, 1.165) is 29.6 Å². The molecule has 1 fully saturated rings. The number of hydrogen-bond acceptors (Lipinski definition) is 6. The van der Waals surface area contributed by atoms with Crippen molar-refractivity contribution in [3.63, 3.8) is 0 Å². The number of aryl methyl sites for hydroxylation is 1. The summed E-state index contributed by atoms with van der Waals surface area (Å²) in [6, 6.07) is 22.6. The molecule has 1 aliphatic carbocycles. The second-order valence-electron chi connectivity index (χ2n) is 10.1. The Morgan fingerprint density at radius 1 is 0.850 bits per heavy atom. The average molecular weight is 537 g/mol. The van der Waals surface area contributed by atoms with Gasteiger partial charge in [0.1, 0.15) is 12.4 Å². The molecule has 8 heteroatoms. The summed E-state index contributed by atoms with van der Waals surface area (Å²) in [4.78, 5) is 11.7. The molecule has 6 aromatic rings. The topological polar surface area (TPSA) is 95.3 Å². The second kappa shape index (κ2) is 10.5. The van der Waals surface area contributed by atoms with Crippen molar-refractivity contribution >= 4 is 32.7 Å². The van der Waals surface area contributed by atoms with Gasteiger partial charge in [-0.1, -0.05) is 24.3 Å². The minimum absolute atomic E-state index is 0.145. The molecular formula is C32H29FN4O3. The van der Waals surface area contributed by atoms with Gasteiger partial charge in [0.15, 0.2) is 23.1 Å². The van der Waals surface area contributed by atoms with Gasteiger partial charge in [0.2, 0.25) is 0 Å². The first-order valence-electron chi connectivity index (χ1n) is 13.1. The van der Waals surface area contributed by atoms with Gasteiger partial charge in [-0.2, -0.15) is 0 Å². The molecule has 7 rings (SSSR count). The number of fused-ring (bicyclic) bond motifs is 3. The molecule has 0 amide bonds. The number of methoxy groups -OCH3 is 1. The predicted molar refractivity (Wildman–Crippen MR) is 155 cm³/mol. The van der Waals surface area contributed by atoms with Gasteiger partial charge in [-0.15, -0.1) is 0 Å². The molecule has 0 atom stereocenters. The number of benzene rings is 3. The van der Waals surface area contributed by atoms with Crippen LogP contribution < -0.4 is 19.9 Å². The predicted octanol–water partition coefficient (Wildman–Crippen LogP) is 7.07. The number of para-hydroxylation sites is 1. The molecule has 0 bridgehead atoms. The maximum atomic E-state index is 15.0. The second-order valence-corrected chi connectivity index (χ2v) is 10.1. The van der Waals surface area contributed by atoms with Crippen LogP contribution >= 0.6 is 0 Å². The molecule has 0 aliphatic heterocycles. The van der Waals surface area contributed by atoms with Gasteiger partial charge in [-0.25, -0.2) is 4.39 Å². The molecule has 0 radical (unpaired) electrons. The molecule has 3 N–H and O–H groups in total. The number of nitrogens with two attached hydrogens (primary N) is 1. The van der Waals surface area contributed by atoms with Gasteiger partial charge in [-0.05, 0) is 62.2 Å². The van der Waals surface area contributed by atoms with Crippen molar-refractivity contribution in [3.8, 4) is 23.0 Å². The minimum atomic E-state index is -0.411. The summed E-state index contributed by atoms with van der Waals surface area (Å²) in [5.41, 5.74) is 9.21. The van der Waals surface area contributed by atoms with E-state index in [4.69, 9.17) is 19.9 Å². The molecule has 3 heterocycles. The Labute approximate surface area is 230 Å². The van der Waals surface area contributed by atoms with Crippen LogP contribution in [0.15, 0.2) is 85.2 Å². The minimum Gasteiger partial charge on any atom is -0.493 e. The number of pyridine rings is 2. The quantitative estimate of drug-likeness (QED) is 0.236. The highest BCUT2D eigenvalue weighted by molar-refractivity contribution is 5.89. The number of rotatable bonds is 6. The molecule has 7 nitrogen and oxygen atoms in total. The first-order valence-corrected chi connectivity index (χ1v) is 13.1. The average Bonchev–Trinajstić information content (AvgIpc) is 3.59. The number of nitrogens with zero attached hydrogens (tertiary/aromatic N) is 2. The number of ether oxygens (including phenoxy) is 3. The van der Waals surface area contributed by atoms with E-state index in [-0.39, 0.29) is 11.3 Å². The molecule has 0 spiro atoms. The van der Waals surface area contributed by atoms with Crippen LogP contribution in [0.1, 0.15) is 18.5 Å². The molecule has 3 aromatic heterocycles. The highest BCUT2D eigenvalue weighted by atomic mass is 19.1. The van der Waals surface area contributed by atoms with Crippen LogP contribution in [-0.4, -0.2) is 34.2 Å². The zero-order valence-corrected chi connectivity index (χ0v) is 22.3. The fourth-order valence-electron chi connectivity index (χ4n) is 4.52. The van der Waals surface area contributed by atoms with Crippen molar-refractivity contribution in [1.29, 1.82) is 0 Å². The number of aromatic amines is 1. The molecule has 202 valence electrons. The monoisotopic (exact) mass is 536 g/mol. The normalized spacial score (nSPS) is 13.6. The van der Waals surface area contributed by atoms with E-state index in [2.05, 4.69) is 27.1 Å². The molecule has 1 aliphatic rings. The van der Waals surface area contributed by atoms with Gasteiger partial charge in [0.05, 0.1) is 23.7 Å². The zero-order chi connectivity index (χ0) is 27.7. The Morgan fingerprint density at radius 2 is 1.65 bits per heavy atom. The van der Waals surface area contributed by atoms with Crippen molar-refractivity contribution in [3.05, 3.63) is 96.7 Å². The van der Waals surface area contributed by atoms with Gasteiger partial charge in [0.25, 0.3) is 0 Å². The van der Waals surface area contributed by atoms with Gasteiger partial charge < -0.3 is 24.9 Å². The zero-order valence-electron chi connectivity index (χ0n) is 22.3. The molecule has 1 saturated carbocycles. The third-order valence-corrected chi connectivity index (χ3v) is 6.96. The van der Waals surface area contributed by atoms with Crippen molar-refractivity contribution in [2.24, 2.45) is 5.73 Å². The fraction of sp³-hybridized carbons (Fsp3) is 0.188. The molecule has 0 saturated heterocycles. The van der Waals surface area contributed by atoms with Crippen LogP contribution in [0.5, 0.6) is 23.0 Å². The number of hydrogen-bond donors (Lipinski definition) is 2. The first kappa shape index (κ1) is 25.6. The number of aromatic nitrogens is 3. The Bertz CT molecular complexity index is 1770. The third-order valence-electron chi connectivity index (χ3n) is 6.96. The van der Waals surface area contributed by atoms with Crippen LogP contribution in [0.4, 0.5) is 4.39 Å². The standard InChI is InChI=1S/C23H22FN3O3.C9H7N/c1-13-9-15-16(27-13)3-4-19(22(15)24)30-18-5-8-26-17-11-21(20(28-2)10-14(17)18)29-12-23(25)6-7-23;1-2-6-9-8(4-1)5-3-7-10-9/h3-5,8-11,27H,6-7,12,25H2,1-2H3;1-7H. The Hall–Kier alpha value is -4.69. The lowest BCUT2D eigenvalue weighted by atomic mass is 10.1. The maximum Gasteiger partial charge on any atom is 0.175 e. The Balaban J connectivity index is 0.000000242. The summed E-state index contributed by atoms with van der Waals surface area (Å²) >= 11 is 0. The summed E-state index contributed by atoms with van der Waals surface area (Å²) in [5, 5.41) is 2.39. The highest BCUT2D eigenvalue weighted by Crippen LogP contribution is 2.40. The van der Waals surface area contributed by atoms with Crippen molar-refractivity contribution in [2.45, 2.75) is 25.3 Å². The largest absolute Gasteiger partial charge is 0.493 e. The first-order chi connectivity index (χ1) is 19.4. The molecule has 40 heavy (non-hydrogen) atoms. The summed E-state index contributed by atoms with van der Waals surface area (Å²) in [6.45, 7) is 2.31. The van der Waals surface area contributed by atoms with E-state index in [1.54, 1.807) is 49.7 Å². The Morgan fingerprint density at radius 3 is 2.45 bits per heavy atom. The van der Waals surface area contributed by atoms with Crippen LogP contribution in [0.2, 0.25) is 0 Å². The number of H-pyrrole nitrogens is 1. The van der Waals surface area contributed by atoms with E-state index >= 15 is 0 Å². The third kappa shape index (κ3) is 5.26. The SMILES string of the molecule is COc1cc2c(Oc3ccc4[nH]c(C)cc4c3F)ccnc2cc1OCC1(N)CC1.c1ccc2ncccc2c1. The van der Waals surface area contributed by atoms with Crippen LogP contribution in [0.3, 0.4) is 0 Å². The molecule has 3 aromatic carbocycles. The van der Waals surface area contributed by atoms with E-state index in [0.29, 0.717) is 40.1 Å². The van der Waals surface area contributed by atoms with Gasteiger partial charge in [0, 0.05) is 45.8 Å². The van der Waals surface area contributed by atoms with Crippen molar-refractivity contribution in [1.82, 2.24) is 15.0 Å². The highest BCUT2D eigenvalue weighted by Gasteiger charge is 2.39. The lowest BCUT2D eigenvalue weighted by Gasteiger charge is -2.16. The van der Waals surface area contributed by atoms with Crippen molar-refractivity contribution < 1.29 is 18.6 Å². The number of nitrogens with one attached hydrogen (secondary N) is 1. The summed E-state index contributed by atoms with van der Waals surface area (Å²) in [7, 11) is 1.57. The maximum absolute atomic E-state index is 15.0. The van der Waals surface area contributed by atoms with Gasteiger partial charge in [-0.3, -0.25) is 9.97 Å². The summed E-state index contributed by atoms with van der Waals surface area (Å²) < 4.78 is 32.3. The van der Waals surface area contributed by atoms with Crippen LogP contribution in [0.25, 0.3) is 32.7 Å². The summed E-state index contributed by atoms with van der Waals surface area (Å²) in [6.07, 6.45) is 5.34. The fourth-order valence-corrected chi connectivity index (χ4v) is 4.52. The van der Waals surface area contributed by atoms with E-state index < -0.39 is 5.82 Å². The van der Waals surface area contributed by atoms with Crippen LogP contribution in [-0.2, 0) is 0 Å². The summed E-state index contributed by atoms with van der Waals surface area (Å²) in [5.74, 6) is 1.33. The molecular weight excluding hydrogens is 507 g/mol. The van der Waals surface area contributed by atoms with E-state index in [1.165, 1.54) is 5.39 Å². The lowest BCUT2D eigenvalue weighted by Crippen LogP contribution is -2.29. The van der Waals surface area contributed by atoms with E-state index in [1.807, 2.05) is 37.4 Å². The molecule has 0 unspecified atom stereocenters. The van der Waals surface area contributed by atoms with Crippen LogP contribution in [0, 0.1) is 12.7 Å². The van der Waals surface area contributed by atoms with E-state index in [9.17, 15) is 4.39 Å². The lowest BCUT2D eigenvalue weighted by molar-refractivity contribution is 0.264. The Kier molecular flexibility index (Phi) is 6.69. The smallest absolute Gasteiger partial charge is 0.175 e. The van der Waals surface area contributed by atoms with Crippen molar-refractivity contribution in [2.75, 3.05) is 13.7 Å².